The highest BCUT2D eigenvalue weighted by atomic mass is 19.2. The summed E-state index contributed by atoms with van der Waals surface area (Å²) in [4.78, 5) is 0. The molecule has 2 saturated carbocycles. The van der Waals surface area contributed by atoms with Crippen molar-refractivity contribution >= 4 is 0 Å². The van der Waals surface area contributed by atoms with E-state index in [1.165, 1.54) is 38.5 Å². The molecule has 0 amide bonds. The number of hydrogen-bond donors (Lipinski definition) is 0. The molecule has 0 aromatic heterocycles. The van der Waals surface area contributed by atoms with Gasteiger partial charge in [0.1, 0.15) is 0 Å². The Labute approximate surface area is 164 Å². The van der Waals surface area contributed by atoms with Crippen LogP contribution in [-0.2, 0) is 12.8 Å². The Morgan fingerprint density at radius 2 is 1.67 bits per heavy atom. The van der Waals surface area contributed by atoms with Gasteiger partial charge in [0.2, 0.25) is 0 Å². The molecule has 0 radical (unpaired) electrons. The van der Waals surface area contributed by atoms with E-state index in [0.717, 1.165) is 61.8 Å². The van der Waals surface area contributed by atoms with E-state index >= 15 is 4.39 Å². The van der Waals surface area contributed by atoms with Gasteiger partial charge in [-0.05, 0) is 97.6 Å². The fraction of sp³-hybridized carbons (Fsp3) is 0.760. The van der Waals surface area contributed by atoms with Crippen LogP contribution in [0.4, 0.5) is 8.78 Å². The second kappa shape index (κ2) is 8.21. The summed E-state index contributed by atoms with van der Waals surface area (Å²) in [5.74, 6) is 2.20. The molecule has 150 valence electrons. The molecule has 0 saturated heterocycles. The lowest BCUT2D eigenvalue weighted by Crippen LogP contribution is -2.31. The Morgan fingerprint density at radius 1 is 0.889 bits per heavy atom. The molecule has 5 atom stereocenters. The molecule has 0 nitrogen and oxygen atoms in total. The fourth-order valence-corrected chi connectivity index (χ4v) is 6.52. The lowest BCUT2D eigenvalue weighted by molar-refractivity contribution is 0.113. The van der Waals surface area contributed by atoms with Crippen molar-refractivity contribution in [2.24, 2.45) is 23.7 Å². The zero-order chi connectivity index (χ0) is 19.0. The maximum Gasteiger partial charge on any atom is 0.162 e. The third-order valence-corrected chi connectivity index (χ3v) is 8.18. The molecule has 2 heteroatoms. The van der Waals surface area contributed by atoms with Gasteiger partial charge in [0.15, 0.2) is 11.6 Å². The molecule has 5 unspecified atom stereocenters. The summed E-state index contributed by atoms with van der Waals surface area (Å²) < 4.78 is 29.9. The van der Waals surface area contributed by atoms with Gasteiger partial charge in [-0.15, -0.1) is 0 Å². The van der Waals surface area contributed by atoms with E-state index in [9.17, 15) is 4.39 Å². The van der Waals surface area contributed by atoms with Crippen LogP contribution in [0.2, 0.25) is 0 Å². The standard InChI is InChI=1S/C25H36F2/c1-3-5-17-7-8-19-14-20(11-10-18(19)12-17)23-15-21-9-6-16(4-2)13-22(21)24(26)25(23)27/h15-20H,3-14H2,1-2H3. The maximum atomic E-state index is 15.0. The Kier molecular flexibility index (Phi) is 5.90. The van der Waals surface area contributed by atoms with E-state index < -0.39 is 11.6 Å². The largest absolute Gasteiger partial charge is 0.203 e. The van der Waals surface area contributed by atoms with Crippen LogP contribution in [0.15, 0.2) is 6.07 Å². The molecule has 0 heterocycles. The SMILES string of the molecule is CCCC1CCC2CC(c3cc4c(c(F)c3F)CC(CC)CC4)CCC2C1. The number of benzene rings is 1. The van der Waals surface area contributed by atoms with Crippen molar-refractivity contribution in [2.75, 3.05) is 0 Å². The van der Waals surface area contributed by atoms with Gasteiger partial charge in [0.05, 0.1) is 0 Å². The van der Waals surface area contributed by atoms with Crippen molar-refractivity contribution in [3.05, 3.63) is 34.4 Å². The smallest absolute Gasteiger partial charge is 0.162 e. The predicted molar refractivity (Wildman–Crippen MR) is 108 cm³/mol. The Morgan fingerprint density at radius 3 is 2.44 bits per heavy atom. The van der Waals surface area contributed by atoms with E-state index in [1.807, 2.05) is 0 Å². The van der Waals surface area contributed by atoms with Crippen LogP contribution in [0.5, 0.6) is 0 Å². The molecule has 4 rings (SSSR count). The van der Waals surface area contributed by atoms with Gasteiger partial charge in [0.25, 0.3) is 0 Å². The van der Waals surface area contributed by atoms with Gasteiger partial charge in [0, 0.05) is 0 Å². The van der Waals surface area contributed by atoms with E-state index in [-0.39, 0.29) is 5.92 Å². The molecule has 1 aromatic carbocycles. The van der Waals surface area contributed by atoms with Crippen molar-refractivity contribution in [1.29, 1.82) is 0 Å². The van der Waals surface area contributed by atoms with Crippen LogP contribution in [0.1, 0.15) is 101 Å². The average Bonchev–Trinajstić information content (AvgIpc) is 2.70. The van der Waals surface area contributed by atoms with Crippen LogP contribution in [-0.4, -0.2) is 0 Å². The van der Waals surface area contributed by atoms with Crippen LogP contribution < -0.4 is 0 Å². The second-order valence-corrected chi connectivity index (χ2v) is 9.75. The average molecular weight is 375 g/mol. The minimum absolute atomic E-state index is 0.234. The van der Waals surface area contributed by atoms with Crippen molar-refractivity contribution in [3.63, 3.8) is 0 Å². The quantitative estimate of drug-likeness (QED) is 0.509. The lowest BCUT2D eigenvalue weighted by Gasteiger charge is -2.42. The first-order chi connectivity index (χ1) is 13.1. The molecule has 1 aromatic rings. The molecule has 0 spiro atoms. The van der Waals surface area contributed by atoms with Crippen molar-refractivity contribution in [3.8, 4) is 0 Å². The summed E-state index contributed by atoms with van der Waals surface area (Å²) >= 11 is 0. The van der Waals surface area contributed by atoms with Gasteiger partial charge in [-0.25, -0.2) is 8.78 Å². The maximum absolute atomic E-state index is 15.0. The summed E-state index contributed by atoms with van der Waals surface area (Å²) in [7, 11) is 0. The van der Waals surface area contributed by atoms with E-state index in [2.05, 4.69) is 19.9 Å². The Bertz CT molecular complexity index is 665. The first kappa shape index (κ1) is 19.4. The third kappa shape index (κ3) is 3.83. The zero-order valence-electron chi connectivity index (χ0n) is 17.2. The second-order valence-electron chi connectivity index (χ2n) is 9.75. The highest BCUT2D eigenvalue weighted by Crippen LogP contribution is 2.49. The summed E-state index contributed by atoms with van der Waals surface area (Å²) in [5.41, 5.74) is 2.49. The first-order valence-electron chi connectivity index (χ1n) is 11.6. The van der Waals surface area contributed by atoms with E-state index in [1.54, 1.807) is 0 Å². The van der Waals surface area contributed by atoms with Crippen LogP contribution in [0.25, 0.3) is 0 Å². The van der Waals surface area contributed by atoms with Crippen molar-refractivity contribution in [2.45, 2.75) is 96.8 Å². The predicted octanol–water partition coefficient (Wildman–Crippen LogP) is 7.58. The number of hydrogen-bond acceptors (Lipinski definition) is 0. The fourth-order valence-electron chi connectivity index (χ4n) is 6.52. The Balaban J connectivity index is 1.51. The minimum atomic E-state index is -0.520. The first-order valence-corrected chi connectivity index (χ1v) is 11.6. The summed E-state index contributed by atoms with van der Waals surface area (Å²) in [6.45, 7) is 4.45. The van der Waals surface area contributed by atoms with Gasteiger partial charge in [-0.2, -0.15) is 0 Å². The number of fused-ring (bicyclic) bond motifs is 2. The molecule has 27 heavy (non-hydrogen) atoms. The molecule has 0 aliphatic heterocycles. The summed E-state index contributed by atoms with van der Waals surface area (Å²) in [6, 6.07) is 2.06. The van der Waals surface area contributed by atoms with Crippen LogP contribution in [0.3, 0.4) is 0 Å². The molecule has 3 aliphatic carbocycles. The van der Waals surface area contributed by atoms with Crippen LogP contribution >= 0.6 is 0 Å². The lowest BCUT2D eigenvalue weighted by atomic mass is 9.63. The third-order valence-electron chi connectivity index (χ3n) is 8.18. The summed E-state index contributed by atoms with van der Waals surface area (Å²) in [5, 5.41) is 0. The normalized spacial score (nSPS) is 33.4. The van der Waals surface area contributed by atoms with Gasteiger partial charge < -0.3 is 0 Å². The van der Waals surface area contributed by atoms with Gasteiger partial charge in [-0.3, -0.25) is 0 Å². The highest BCUT2D eigenvalue weighted by Gasteiger charge is 2.37. The monoisotopic (exact) mass is 374 g/mol. The number of halogens is 2. The van der Waals surface area contributed by atoms with Crippen molar-refractivity contribution < 1.29 is 8.78 Å². The summed E-state index contributed by atoms with van der Waals surface area (Å²) in [6.07, 6.45) is 13.9. The van der Waals surface area contributed by atoms with Gasteiger partial charge >= 0.3 is 0 Å². The number of rotatable bonds is 4. The molecule has 0 bridgehead atoms. The van der Waals surface area contributed by atoms with Gasteiger partial charge in [-0.1, -0.05) is 45.6 Å². The minimum Gasteiger partial charge on any atom is -0.203 e. The van der Waals surface area contributed by atoms with Crippen LogP contribution in [0, 0.1) is 35.3 Å². The highest BCUT2D eigenvalue weighted by molar-refractivity contribution is 5.38. The molecule has 2 fully saturated rings. The molecular formula is C25H36F2. The molecular weight excluding hydrogens is 338 g/mol. The van der Waals surface area contributed by atoms with E-state index in [4.69, 9.17) is 0 Å². The Hall–Kier alpha value is -0.920. The number of aryl methyl sites for hydroxylation is 1. The topological polar surface area (TPSA) is 0 Å². The van der Waals surface area contributed by atoms with Crippen molar-refractivity contribution in [1.82, 2.24) is 0 Å². The molecule has 0 N–H and O–H groups in total. The van der Waals surface area contributed by atoms with E-state index in [0.29, 0.717) is 17.0 Å². The zero-order valence-corrected chi connectivity index (χ0v) is 17.2. The molecule has 3 aliphatic rings.